The van der Waals surface area contributed by atoms with Crippen LogP contribution in [0.3, 0.4) is 0 Å². The molecule has 0 saturated carbocycles. The number of nitrogens with zero attached hydrogens (tertiary/aromatic N) is 1. The van der Waals surface area contributed by atoms with E-state index in [2.05, 4.69) is 18.1 Å². The lowest BCUT2D eigenvalue weighted by Crippen LogP contribution is -2.11. The van der Waals surface area contributed by atoms with Crippen molar-refractivity contribution in [2.24, 2.45) is 0 Å². The zero-order valence-electron chi connectivity index (χ0n) is 17.6. The first-order chi connectivity index (χ1) is 15.5. The third-order valence-corrected chi connectivity index (χ3v) is 5.20. The molecule has 0 heterocycles. The minimum absolute atomic E-state index is 0.471. The summed E-state index contributed by atoms with van der Waals surface area (Å²) in [5.74, 6) is -0.0720. The zero-order chi connectivity index (χ0) is 22.7. The number of rotatable bonds is 6. The Kier molecular flexibility index (Phi) is 5.73. The molecule has 0 aliphatic heterocycles. The average molecular weight is 423 g/mol. The summed E-state index contributed by atoms with van der Waals surface area (Å²) >= 11 is 0. The molecule has 0 aromatic heterocycles. The molecule has 0 aliphatic carbocycles. The van der Waals surface area contributed by atoms with Gasteiger partial charge in [0, 0.05) is 52.1 Å². The van der Waals surface area contributed by atoms with Gasteiger partial charge in [0.1, 0.15) is 11.5 Å². The highest BCUT2D eigenvalue weighted by atomic mass is 16.5. The van der Waals surface area contributed by atoms with Crippen LogP contribution in [0.2, 0.25) is 0 Å². The maximum Gasteiger partial charge on any atom is 0.335 e. The van der Waals surface area contributed by atoms with Crippen LogP contribution in [0.4, 0.5) is 11.4 Å². The van der Waals surface area contributed by atoms with Crippen molar-refractivity contribution < 1.29 is 19.1 Å². The number of hydrogen-bond donors (Lipinski definition) is 0. The molecule has 0 spiro atoms. The van der Waals surface area contributed by atoms with Crippen LogP contribution in [0.1, 0.15) is 0 Å². The molecule has 0 amide bonds. The Hall–Kier alpha value is -4.38. The minimum Gasteiger partial charge on any atom is -0.423 e. The predicted octanol–water partition coefficient (Wildman–Crippen LogP) is 5.94. The van der Waals surface area contributed by atoms with Gasteiger partial charge in [-0.25, -0.2) is 9.59 Å². The van der Waals surface area contributed by atoms with E-state index in [1.807, 2.05) is 67.7 Å². The third kappa shape index (κ3) is 3.84. The van der Waals surface area contributed by atoms with Crippen LogP contribution < -0.4 is 14.4 Å². The van der Waals surface area contributed by atoms with Crippen LogP contribution in [0, 0.1) is 0 Å². The van der Waals surface area contributed by atoms with Gasteiger partial charge in [-0.2, -0.15) is 0 Å². The fourth-order valence-electron chi connectivity index (χ4n) is 3.72. The summed E-state index contributed by atoms with van der Waals surface area (Å²) in [6, 6.07) is 22.8. The van der Waals surface area contributed by atoms with Gasteiger partial charge in [-0.1, -0.05) is 61.7 Å². The van der Waals surface area contributed by atoms with Gasteiger partial charge in [0.25, 0.3) is 0 Å². The average Bonchev–Trinajstić information content (AvgIpc) is 2.83. The molecular weight excluding hydrogens is 402 g/mol. The molecule has 4 aromatic carbocycles. The van der Waals surface area contributed by atoms with E-state index in [0.29, 0.717) is 11.5 Å². The number of benzene rings is 4. The van der Waals surface area contributed by atoms with E-state index in [1.54, 1.807) is 12.1 Å². The van der Waals surface area contributed by atoms with Gasteiger partial charge in [0.15, 0.2) is 0 Å². The summed E-state index contributed by atoms with van der Waals surface area (Å²) in [5, 5.41) is 3.48. The summed E-state index contributed by atoms with van der Waals surface area (Å²) < 4.78 is 10.8. The van der Waals surface area contributed by atoms with E-state index >= 15 is 0 Å². The molecule has 32 heavy (non-hydrogen) atoms. The number of ether oxygens (including phenoxy) is 2. The first-order valence-electron chi connectivity index (χ1n) is 9.99. The highest BCUT2D eigenvalue weighted by molar-refractivity contribution is 6.05. The van der Waals surface area contributed by atoms with Crippen LogP contribution in [-0.2, 0) is 9.59 Å². The maximum absolute atomic E-state index is 11.7. The van der Waals surface area contributed by atoms with Crippen molar-refractivity contribution in [3.8, 4) is 11.5 Å². The zero-order valence-corrected chi connectivity index (χ0v) is 17.6. The summed E-state index contributed by atoms with van der Waals surface area (Å²) in [5.41, 5.74) is 1.86. The van der Waals surface area contributed by atoms with Gasteiger partial charge in [-0.3, -0.25) is 0 Å². The molecule has 4 rings (SSSR count). The molecule has 0 radical (unpaired) electrons. The first kappa shape index (κ1) is 20.9. The lowest BCUT2D eigenvalue weighted by molar-refractivity contribution is -0.129. The SMILES string of the molecule is C=CC(=O)Oc1cccc2c(N(C)c3cccc4c(OC(=O)C=C)cccc34)cccc12. The van der Waals surface area contributed by atoms with Crippen LogP contribution in [0.15, 0.2) is 98.1 Å². The Morgan fingerprint density at radius 3 is 1.44 bits per heavy atom. The lowest BCUT2D eigenvalue weighted by Gasteiger charge is -2.24. The van der Waals surface area contributed by atoms with Gasteiger partial charge < -0.3 is 14.4 Å². The van der Waals surface area contributed by atoms with E-state index in [9.17, 15) is 9.59 Å². The molecule has 4 aromatic rings. The van der Waals surface area contributed by atoms with Crippen molar-refractivity contribution in [3.63, 3.8) is 0 Å². The second-order valence-electron chi connectivity index (χ2n) is 7.07. The van der Waals surface area contributed by atoms with Gasteiger partial charge in [-0.15, -0.1) is 0 Å². The second-order valence-corrected chi connectivity index (χ2v) is 7.07. The predicted molar refractivity (Wildman–Crippen MR) is 128 cm³/mol. The molecule has 0 saturated heterocycles. The fourth-order valence-corrected chi connectivity index (χ4v) is 3.72. The number of esters is 2. The van der Waals surface area contributed by atoms with Crippen molar-refractivity contribution in [3.05, 3.63) is 98.1 Å². The molecule has 0 unspecified atom stereocenters. The van der Waals surface area contributed by atoms with Gasteiger partial charge in [0.05, 0.1) is 0 Å². The smallest absolute Gasteiger partial charge is 0.335 e. The van der Waals surface area contributed by atoms with E-state index in [1.165, 1.54) is 0 Å². The van der Waals surface area contributed by atoms with Crippen LogP contribution in [0.25, 0.3) is 21.5 Å². The fraction of sp³-hybridized carbons (Fsp3) is 0.0370. The van der Waals surface area contributed by atoms with Crippen molar-refractivity contribution in [1.82, 2.24) is 0 Å². The van der Waals surface area contributed by atoms with E-state index < -0.39 is 11.9 Å². The number of anilines is 2. The normalized spacial score (nSPS) is 10.5. The Labute approximate surface area is 185 Å². The van der Waals surface area contributed by atoms with Crippen molar-refractivity contribution >= 4 is 44.9 Å². The summed E-state index contributed by atoms with van der Waals surface area (Å²) in [4.78, 5) is 25.6. The molecular formula is C27H21NO4. The van der Waals surface area contributed by atoms with Crippen LogP contribution in [-0.4, -0.2) is 19.0 Å². The van der Waals surface area contributed by atoms with Gasteiger partial charge in [-0.05, 0) is 24.3 Å². The number of hydrogen-bond acceptors (Lipinski definition) is 5. The van der Waals surface area contributed by atoms with Crippen molar-refractivity contribution in [2.75, 3.05) is 11.9 Å². The standard InChI is InChI=1S/C27H21NO4/c1-4-26(29)31-24-16-8-10-18-20(24)12-6-14-22(18)28(3)23-15-7-13-21-19(23)11-9-17-25(21)32-27(30)5-2/h4-17H,1-2H2,3H3. The quantitative estimate of drug-likeness (QED) is 0.218. The monoisotopic (exact) mass is 423 g/mol. The summed E-state index contributed by atoms with van der Waals surface area (Å²) in [6.45, 7) is 6.92. The Balaban J connectivity index is 1.84. The molecule has 0 N–H and O–H groups in total. The highest BCUT2D eigenvalue weighted by Gasteiger charge is 2.15. The maximum atomic E-state index is 11.7. The molecule has 0 bridgehead atoms. The molecule has 0 aliphatic rings. The lowest BCUT2D eigenvalue weighted by atomic mass is 10.0. The Bertz CT molecular complexity index is 1270. The minimum atomic E-state index is -0.507. The molecule has 5 heteroatoms. The van der Waals surface area contributed by atoms with Crippen molar-refractivity contribution in [2.45, 2.75) is 0 Å². The highest BCUT2D eigenvalue weighted by Crippen LogP contribution is 2.39. The Morgan fingerprint density at radius 2 is 1.03 bits per heavy atom. The van der Waals surface area contributed by atoms with Gasteiger partial charge in [0.2, 0.25) is 0 Å². The topological polar surface area (TPSA) is 55.8 Å². The van der Waals surface area contributed by atoms with Crippen LogP contribution in [0.5, 0.6) is 11.5 Å². The molecule has 5 nitrogen and oxygen atoms in total. The number of fused-ring (bicyclic) bond motifs is 2. The Morgan fingerprint density at radius 1 is 0.656 bits per heavy atom. The molecule has 0 fully saturated rings. The molecule has 0 atom stereocenters. The first-order valence-corrected chi connectivity index (χ1v) is 9.99. The number of carbonyl (C=O) groups excluding carboxylic acids is 2. The van der Waals surface area contributed by atoms with Gasteiger partial charge >= 0.3 is 11.9 Å². The van der Waals surface area contributed by atoms with E-state index in [-0.39, 0.29) is 0 Å². The third-order valence-electron chi connectivity index (χ3n) is 5.20. The van der Waals surface area contributed by atoms with E-state index in [4.69, 9.17) is 9.47 Å². The van der Waals surface area contributed by atoms with Crippen molar-refractivity contribution in [1.29, 1.82) is 0 Å². The van der Waals surface area contributed by atoms with Crippen LogP contribution >= 0.6 is 0 Å². The summed E-state index contributed by atoms with van der Waals surface area (Å²) in [7, 11) is 1.97. The summed E-state index contributed by atoms with van der Waals surface area (Å²) in [6.07, 6.45) is 2.28. The van der Waals surface area contributed by atoms with E-state index in [0.717, 1.165) is 45.1 Å². The second kappa shape index (κ2) is 8.78. The molecule has 158 valence electrons. The largest absolute Gasteiger partial charge is 0.423 e. The number of carbonyl (C=O) groups is 2.